The molecular weight excluding hydrogens is 172 g/mol. The molecule has 0 aliphatic heterocycles. The lowest BCUT2D eigenvalue weighted by Gasteiger charge is -2.17. The molecule has 1 N–H and O–H groups in total. The molecule has 62 valence electrons. The zero-order valence-electron chi connectivity index (χ0n) is 6.71. The Morgan fingerprint density at radius 3 is 2.58 bits per heavy atom. The van der Waals surface area contributed by atoms with Crippen LogP contribution < -0.4 is 0 Å². The Morgan fingerprint density at radius 1 is 1.50 bits per heavy atom. The highest BCUT2D eigenvalue weighted by molar-refractivity contribution is 6.31. The Hall–Kier alpha value is -0.970. The Labute approximate surface area is 77.0 Å². The van der Waals surface area contributed by atoms with E-state index in [9.17, 15) is 5.11 Å². The van der Waals surface area contributed by atoms with E-state index < -0.39 is 5.60 Å². The largest absolute Gasteiger partial charge is 0.374 e. The molecule has 1 aromatic rings. The van der Waals surface area contributed by atoms with Gasteiger partial charge in [0.15, 0.2) is 0 Å². The molecule has 0 aromatic heterocycles. The average Bonchev–Trinajstić information content (AvgIpc) is 2.05. The van der Waals surface area contributed by atoms with Crippen molar-refractivity contribution in [2.45, 2.75) is 12.5 Å². The molecule has 0 fully saturated rings. The van der Waals surface area contributed by atoms with Crippen LogP contribution in [0, 0.1) is 12.3 Å². The predicted octanol–water partition coefficient (Wildman–Crippen LogP) is 2.18. The van der Waals surface area contributed by atoms with Crippen LogP contribution in [0.15, 0.2) is 24.3 Å². The number of hydrogen-bond acceptors (Lipinski definition) is 1. The summed E-state index contributed by atoms with van der Waals surface area (Å²) in [5.74, 6) is 2.27. The van der Waals surface area contributed by atoms with Gasteiger partial charge in [-0.2, -0.15) is 0 Å². The first-order chi connectivity index (χ1) is 5.58. The molecule has 1 atom stereocenters. The number of terminal acetylenes is 1. The maximum absolute atomic E-state index is 9.65. The highest BCUT2D eigenvalue weighted by Gasteiger charge is 2.21. The van der Waals surface area contributed by atoms with Gasteiger partial charge in [-0.05, 0) is 13.0 Å². The topological polar surface area (TPSA) is 20.2 Å². The fraction of sp³-hybridized carbons (Fsp3) is 0.200. The van der Waals surface area contributed by atoms with Crippen molar-refractivity contribution >= 4 is 11.6 Å². The summed E-state index contributed by atoms with van der Waals surface area (Å²) in [6.45, 7) is 1.54. The minimum atomic E-state index is -1.28. The first-order valence-corrected chi connectivity index (χ1v) is 3.91. The minimum Gasteiger partial charge on any atom is -0.374 e. The van der Waals surface area contributed by atoms with Gasteiger partial charge in [-0.25, -0.2) is 0 Å². The number of aliphatic hydroxyl groups is 1. The molecule has 0 spiro atoms. The van der Waals surface area contributed by atoms with Crippen LogP contribution >= 0.6 is 11.6 Å². The van der Waals surface area contributed by atoms with Gasteiger partial charge in [0.2, 0.25) is 0 Å². The summed E-state index contributed by atoms with van der Waals surface area (Å²) in [5, 5.41) is 10.1. The zero-order chi connectivity index (χ0) is 9.19. The van der Waals surface area contributed by atoms with E-state index in [0.717, 1.165) is 0 Å². The van der Waals surface area contributed by atoms with Gasteiger partial charge in [0.1, 0.15) is 5.60 Å². The summed E-state index contributed by atoms with van der Waals surface area (Å²) in [5.41, 5.74) is -0.715. The fourth-order valence-electron chi connectivity index (χ4n) is 0.934. The van der Waals surface area contributed by atoms with Crippen LogP contribution in [0.25, 0.3) is 0 Å². The van der Waals surface area contributed by atoms with Crippen molar-refractivity contribution in [1.29, 1.82) is 0 Å². The number of hydrogen-bond donors (Lipinski definition) is 1. The highest BCUT2D eigenvalue weighted by Crippen LogP contribution is 2.26. The third-order valence-electron chi connectivity index (χ3n) is 1.68. The second-order valence-corrected chi connectivity index (χ2v) is 3.10. The number of halogens is 1. The van der Waals surface area contributed by atoms with E-state index in [2.05, 4.69) is 5.92 Å². The molecule has 0 saturated heterocycles. The van der Waals surface area contributed by atoms with Gasteiger partial charge in [-0.3, -0.25) is 0 Å². The van der Waals surface area contributed by atoms with Crippen LogP contribution in [-0.2, 0) is 5.60 Å². The molecule has 0 bridgehead atoms. The Balaban J connectivity index is 3.22. The van der Waals surface area contributed by atoms with Gasteiger partial charge in [-0.1, -0.05) is 35.7 Å². The lowest BCUT2D eigenvalue weighted by molar-refractivity contribution is 0.122. The SMILES string of the molecule is C#C[C@](C)(O)c1ccccc1Cl. The Kier molecular flexibility index (Phi) is 2.42. The van der Waals surface area contributed by atoms with Crippen molar-refractivity contribution in [3.8, 4) is 12.3 Å². The number of benzene rings is 1. The van der Waals surface area contributed by atoms with Crippen molar-refractivity contribution in [2.75, 3.05) is 0 Å². The fourth-order valence-corrected chi connectivity index (χ4v) is 1.25. The Bertz CT molecular complexity index is 323. The van der Waals surface area contributed by atoms with Gasteiger partial charge in [0.25, 0.3) is 0 Å². The van der Waals surface area contributed by atoms with Crippen LogP contribution in [0.3, 0.4) is 0 Å². The van der Waals surface area contributed by atoms with Crippen LogP contribution in [0.4, 0.5) is 0 Å². The van der Waals surface area contributed by atoms with Crippen molar-refractivity contribution in [2.24, 2.45) is 0 Å². The standard InChI is InChI=1S/C10H9ClO/c1-3-10(2,12)8-6-4-5-7-9(8)11/h1,4-7,12H,2H3/t10-/m0/s1. The Morgan fingerprint density at radius 2 is 2.08 bits per heavy atom. The van der Waals surface area contributed by atoms with Crippen LogP contribution in [0.5, 0.6) is 0 Å². The quantitative estimate of drug-likeness (QED) is 0.657. The lowest BCUT2D eigenvalue weighted by atomic mass is 9.97. The van der Waals surface area contributed by atoms with Gasteiger partial charge in [0.05, 0.1) is 0 Å². The van der Waals surface area contributed by atoms with Crippen molar-refractivity contribution in [3.63, 3.8) is 0 Å². The maximum Gasteiger partial charge on any atom is 0.149 e. The van der Waals surface area contributed by atoms with Crippen LogP contribution in [-0.4, -0.2) is 5.11 Å². The summed E-state index contributed by atoms with van der Waals surface area (Å²) in [6.07, 6.45) is 5.15. The van der Waals surface area contributed by atoms with E-state index in [0.29, 0.717) is 10.6 Å². The van der Waals surface area contributed by atoms with Gasteiger partial charge >= 0.3 is 0 Å². The van der Waals surface area contributed by atoms with Gasteiger partial charge in [0, 0.05) is 10.6 Å². The van der Waals surface area contributed by atoms with E-state index in [1.807, 2.05) is 0 Å². The van der Waals surface area contributed by atoms with Crippen molar-refractivity contribution in [3.05, 3.63) is 34.9 Å². The number of rotatable bonds is 1. The summed E-state index contributed by atoms with van der Waals surface area (Å²) in [7, 11) is 0. The molecule has 0 amide bonds. The average molecular weight is 181 g/mol. The molecule has 0 unspecified atom stereocenters. The molecule has 1 rings (SSSR count). The molecule has 1 nitrogen and oxygen atoms in total. The molecule has 12 heavy (non-hydrogen) atoms. The summed E-state index contributed by atoms with van der Waals surface area (Å²) >= 11 is 5.83. The first-order valence-electron chi connectivity index (χ1n) is 3.53. The van der Waals surface area contributed by atoms with Crippen molar-refractivity contribution in [1.82, 2.24) is 0 Å². The third-order valence-corrected chi connectivity index (χ3v) is 2.01. The molecule has 0 saturated carbocycles. The highest BCUT2D eigenvalue weighted by atomic mass is 35.5. The molecule has 0 aliphatic carbocycles. The van der Waals surface area contributed by atoms with Gasteiger partial charge < -0.3 is 5.11 Å². The first kappa shape index (κ1) is 9.12. The van der Waals surface area contributed by atoms with Crippen LogP contribution in [0.1, 0.15) is 12.5 Å². The molecule has 0 aliphatic rings. The second kappa shape index (κ2) is 3.18. The van der Waals surface area contributed by atoms with E-state index in [-0.39, 0.29) is 0 Å². The second-order valence-electron chi connectivity index (χ2n) is 2.70. The zero-order valence-corrected chi connectivity index (χ0v) is 7.47. The lowest BCUT2D eigenvalue weighted by Crippen LogP contribution is -2.18. The summed E-state index contributed by atoms with van der Waals surface area (Å²) in [4.78, 5) is 0. The molecule has 1 aromatic carbocycles. The van der Waals surface area contributed by atoms with Crippen molar-refractivity contribution < 1.29 is 5.11 Å². The molecule has 0 radical (unpaired) electrons. The normalized spacial score (nSPS) is 14.8. The smallest absolute Gasteiger partial charge is 0.149 e. The molecule has 0 heterocycles. The summed E-state index contributed by atoms with van der Waals surface area (Å²) in [6, 6.07) is 6.98. The minimum absolute atomic E-state index is 0.487. The molecule has 2 heteroatoms. The van der Waals surface area contributed by atoms with E-state index >= 15 is 0 Å². The monoisotopic (exact) mass is 180 g/mol. The predicted molar refractivity (Wildman–Crippen MR) is 49.9 cm³/mol. The van der Waals surface area contributed by atoms with Gasteiger partial charge in [-0.15, -0.1) is 6.42 Å². The third kappa shape index (κ3) is 1.61. The van der Waals surface area contributed by atoms with Crippen LogP contribution in [0.2, 0.25) is 5.02 Å². The summed E-state index contributed by atoms with van der Waals surface area (Å²) < 4.78 is 0. The van der Waals surface area contributed by atoms with E-state index in [4.69, 9.17) is 18.0 Å². The molecular formula is C10H9ClO. The van der Waals surface area contributed by atoms with E-state index in [1.54, 1.807) is 24.3 Å². The van der Waals surface area contributed by atoms with E-state index in [1.165, 1.54) is 6.92 Å². The maximum atomic E-state index is 9.65.